The van der Waals surface area contributed by atoms with E-state index in [1.54, 1.807) is 24.4 Å². The average molecular weight is 471 g/mol. The zero-order valence-corrected chi connectivity index (χ0v) is 18.8. The van der Waals surface area contributed by atoms with Crippen LogP contribution in [0.25, 0.3) is 10.9 Å². The highest BCUT2D eigenvalue weighted by Gasteiger charge is 2.37. The van der Waals surface area contributed by atoms with E-state index in [0.29, 0.717) is 35.9 Å². The van der Waals surface area contributed by atoms with Gasteiger partial charge in [0.05, 0.1) is 10.5 Å². The van der Waals surface area contributed by atoms with Crippen molar-refractivity contribution in [3.05, 3.63) is 70.6 Å². The van der Waals surface area contributed by atoms with E-state index in [9.17, 15) is 18.8 Å². The van der Waals surface area contributed by atoms with Gasteiger partial charge in [-0.15, -0.1) is 0 Å². The Morgan fingerprint density at radius 3 is 2.73 bits per heavy atom. The SMILES string of the molecule is CC(=O)n1cc(C(N)C(=O)N2CCCC2C(=O)NCc2cccc(Cl)c2F)c2ccccc21. The van der Waals surface area contributed by atoms with E-state index < -0.39 is 23.8 Å². The summed E-state index contributed by atoms with van der Waals surface area (Å²) < 4.78 is 15.6. The van der Waals surface area contributed by atoms with Crippen molar-refractivity contribution < 1.29 is 18.8 Å². The van der Waals surface area contributed by atoms with Crippen molar-refractivity contribution in [1.29, 1.82) is 0 Å². The summed E-state index contributed by atoms with van der Waals surface area (Å²) in [6.45, 7) is 1.79. The molecule has 33 heavy (non-hydrogen) atoms. The number of hydrogen-bond donors (Lipinski definition) is 2. The Hall–Kier alpha value is -3.23. The fourth-order valence-corrected chi connectivity index (χ4v) is 4.51. The molecule has 0 saturated carbocycles. The van der Waals surface area contributed by atoms with Crippen molar-refractivity contribution in [2.45, 2.75) is 38.4 Å². The van der Waals surface area contributed by atoms with Crippen LogP contribution in [0.15, 0.2) is 48.7 Å². The highest BCUT2D eigenvalue weighted by atomic mass is 35.5. The number of halogens is 2. The van der Waals surface area contributed by atoms with E-state index in [4.69, 9.17) is 17.3 Å². The largest absolute Gasteiger partial charge is 0.350 e. The van der Waals surface area contributed by atoms with Gasteiger partial charge in [0.2, 0.25) is 17.7 Å². The van der Waals surface area contributed by atoms with Crippen molar-refractivity contribution in [3.8, 4) is 0 Å². The zero-order chi connectivity index (χ0) is 23.7. The summed E-state index contributed by atoms with van der Waals surface area (Å²) in [7, 11) is 0. The number of fused-ring (bicyclic) bond motifs is 1. The average Bonchev–Trinajstić information content (AvgIpc) is 3.44. The van der Waals surface area contributed by atoms with Gasteiger partial charge in [-0.3, -0.25) is 19.0 Å². The van der Waals surface area contributed by atoms with Crippen molar-refractivity contribution in [1.82, 2.24) is 14.8 Å². The normalized spacial score (nSPS) is 16.7. The molecule has 3 aromatic rings. The maximum atomic E-state index is 14.1. The Labute approximate surface area is 195 Å². The molecule has 1 aliphatic rings. The van der Waals surface area contributed by atoms with Crippen molar-refractivity contribution in [3.63, 3.8) is 0 Å². The highest BCUT2D eigenvalue weighted by Crippen LogP contribution is 2.29. The number of hydrogen-bond acceptors (Lipinski definition) is 4. The lowest BCUT2D eigenvalue weighted by Gasteiger charge is -2.26. The van der Waals surface area contributed by atoms with Gasteiger partial charge in [0.25, 0.3) is 0 Å². The molecule has 9 heteroatoms. The smallest absolute Gasteiger partial charge is 0.244 e. The maximum absolute atomic E-state index is 14.1. The quantitative estimate of drug-likeness (QED) is 0.597. The summed E-state index contributed by atoms with van der Waals surface area (Å²) in [5, 5.41) is 3.39. The summed E-state index contributed by atoms with van der Waals surface area (Å²) in [4.78, 5) is 39.7. The highest BCUT2D eigenvalue weighted by molar-refractivity contribution is 6.30. The first-order valence-electron chi connectivity index (χ1n) is 10.7. The molecule has 0 radical (unpaired) electrons. The van der Waals surface area contributed by atoms with Crippen LogP contribution in [0.2, 0.25) is 5.02 Å². The number of amides is 2. The number of likely N-dealkylation sites (tertiary alicyclic amines) is 1. The number of rotatable bonds is 5. The Bertz CT molecular complexity index is 1240. The van der Waals surface area contributed by atoms with Crippen LogP contribution >= 0.6 is 11.6 Å². The second-order valence-corrected chi connectivity index (χ2v) is 8.50. The minimum atomic E-state index is -1.03. The summed E-state index contributed by atoms with van der Waals surface area (Å²) in [6, 6.07) is 10.1. The van der Waals surface area contributed by atoms with Gasteiger partial charge in [-0.05, 0) is 25.0 Å². The number of para-hydroxylation sites is 1. The second kappa shape index (κ2) is 9.33. The number of aromatic nitrogens is 1. The predicted molar refractivity (Wildman–Crippen MR) is 123 cm³/mol. The van der Waals surface area contributed by atoms with Crippen molar-refractivity contribution in [2.75, 3.05) is 6.54 Å². The van der Waals surface area contributed by atoms with Crippen LogP contribution in [0.5, 0.6) is 0 Å². The molecule has 2 heterocycles. The maximum Gasteiger partial charge on any atom is 0.244 e. The third kappa shape index (κ3) is 4.36. The van der Waals surface area contributed by atoms with Gasteiger partial charge in [-0.25, -0.2) is 4.39 Å². The van der Waals surface area contributed by atoms with Crippen LogP contribution in [0.4, 0.5) is 4.39 Å². The van der Waals surface area contributed by atoms with Gasteiger partial charge in [-0.1, -0.05) is 41.9 Å². The van der Waals surface area contributed by atoms with Crippen LogP contribution in [0.3, 0.4) is 0 Å². The van der Waals surface area contributed by atoms with Crippen LogP contribution in [-0.4, -0.2) is 39.8 Å². The molecule has 0 spiro atoms. The summed E-state index contributed by atoms with van der Waals surface area (Å²) in [6.07, 6.45) is 2.72. The monoisotopic (exact) mass is 470 g/mol. The molecule has 1 saturated heterocycles. The van der Waals surface area contributed by atoms with E-state index in [0.717, 1.165) is 0 Å². The molecule has 3 N–H and O–H groups in total. The molecule has 0 bridgehead atoms. The number of benzene rings is 2. The van der Waals surface area contributed by atoms with E-state index in [-0.39, 0.29) is 28.9 Å². The molecule has 7 nitrogen and oxygen atoms in total. The standard InChI is InChI=1S/C24H24ClFN4O3/c1-14(31)30-13-17(16-7-2-3-9-19(16)30)22(27)24(33)29-11-5-10-20(29)23(32)28-12-15-6-4-8-18(25)21(15)26/h2-4,6-9,13,20,22H,5,10-12,27H2,1H3,(H,28,32). The second-order valence-electron chi connectivity index (χ2n) is 8.09. The first-order chi connectivity index (χ1) is 15.8. The van der Waals surface area contributed by atoms with Crippen LogP contribution in [-0.2, 0) is 16.1 Å². The van der Waals surface area contributed by atoms with Crippen molar-refractivity contribution >= 4 is 40.2 Å². The van der Waals surface area contributed by atoms with Crippen LogP contribution < -0.4 is 11.1 Å². The number of nitrogens with zero attached hydrogens (tertiary/aromatic N) is 2. The number of carbonyl (C=O) groups is 3. The van der Waals surface area contributed by atoms with Crippen molar-refractivity contribution in [2.24, 2.45) is 5.73 Å². The lowest BCUT2D eigenvalue weighted by atomic mass is 10.0. The summed E-state index contributed by atoms with van der Waals surface area (Å²) in [5.74, 6) is -1.54. The molecule has 1 aromatic heterocycles. The molecular formula is C24H24ClFN4O3. The van der Waals surface area contributed by atoms with E-state index in [1.807, 2.05) is 18.2 Å². The van der Waals surface area contributed by atoms with Gasteiger partial charge >= 0.3 is 0 Å². The Balaban J connectivity index is 1.52. The van der Waals surface area contributed by atoms with Gasteiger partial charge in [-0.2, -0.15) is 0 Å². The predicted octanol–water partition coefficient (Wildman–Crippen LogP) is 3.40. The number of nitrogens with two attached hydrogens (primary N) is 1. The molecule has 2 amide bonds. The zero-order valence-electron chi connectivity index (χ0n) is 18.1. The summed E-state index contributed by atoms with van der Waals surface area (Å²) in [5.41, 5.74) is 7.81. The molecule has 1 aliphatic heterocycles. The lowest BCUT2D eigenvalue weighted by molar-refractivity contribution is -0.139. The molecule has 1 fully saturated rings. The Morgan fingerprint density at radius 2 is 1.97 bits per heavy atom. The van der Waals surface area contributed by atoms with Crippen LogP contribution in [0, 0.1) is 5.82 Å². The fourth-order valence-electron chi connectivity index (χ4n) is 4.31. The van der Waals surface area contributed by atoms with Crippen LogP contribution in [0.1, 0.15) is 41.7 Å². The number of carbonyl (C=O) groups excluding carboxylic acids is 3. The van der Waals surface area contributed by atoms with Gasteiger partial charge in [0, 0.05) is 42.7 Å². The fraction of sp³-hybridized carbons (Fsp3) is 0.292. The molecular weight excluding hydrogens is 447 g/mol. The molecule has 2 atom stereocenters. The third-order valence-corrected chi connectivity index (χ3v) is 6.30. The lowest BCUT2D eigenvalue weighted by Crippen LogP contribution is -2.48. The third-order valence-electron chi connectivity index (χ3n) is 6.01. The number of nitrogens with one attached hydrogen (secondary N) is 1. The molecule has 2 unspecified atom stereocenters. The molecule has 4 rings (SSSR count). The van der Waals surface area contributed by atoms with E-state index in [1.165, 1.54) is 22.5 Å². The molecule has 2 aromatic carbocycles. The Kier molecular flexibility index (Phi) is 6.49. The van der Waals surface area contributed by atoms with E-state index >= 15 is 0 Å². The first kappa shape index (κ1) is 22.9. The topological polar surface area (TPSA) is 97.4 Å². The van der Waals surface area contributed by atoms with Gasteiger partial charge in [0.1, 0.15) is 17.9 Å². The Morgan fingerprint density at radius 1 is 1.21 bits per heavy atom. The van der Waals surface area contributed by atoms with E-state index in [2.05, 4.69) is 5.32 Å². The minimum absolute atomic E-state index is 0.0184. The summed E-state index contributed by atoms with van der Waals surface area (Å²) >= 11 is 5.80. The first-order valence-corrected chi connectivity index (χ1v) is 11.0. The van der Waals surface area contributed by atoms with Gasteiger partial charge < -0.3 is 16.0 Å². The minimum Gasteiger partial charge on any atom is -0.350 e. The molecule has 0 aliphatic carbocycles. The molecule has 172 valence electrons. The van der Waals surface area contributed by atoms with Gasteiger partial charge in [0.15, 0.2) is 0 Å².